The van der Waals surface area contributed by atoms with Gasteiger partial charge in [-0.05, 0) is 19.1 Å². The molecule has 22 heavy (non-hydrogen) atoms. The predicted octanol–water partition coefficient (Wildman–Crippen LogP) is 3.94. The van der Waals surface area contributed by atoms with Gasteiger partial charge >= 0.3 is 0 Å². The standard InChI is InChI=1S/C15H14Cl2N4O/c1-3-7-18-13-8-12(19-9(2)20-13)15(22)21-14-10(16)5-4-6-11(14)17/h3-6,8H,1,7H2,2H3,(H,21,22)(H,18,19,20). The number of aryl methyl sites for hydroxylation is 1. The van der Waals surface area contributed by atoms with Gasteiger partial charge in [-0.2, -0.15) is 0 Å². The molecule has 0 aliphatic heterocycles. The average molecular weight is 337 g/mol. The number of rotatable bonds is 5. The fraction of sp³-hybridized carbons (Fsp3) is 0.133. The summed E-state index contributed by atoms with van der Waals surface area (Å²) in [6.07, 6.45) is 1.70. The van der Waals surface area contributed by atoms with Gasteiger partial charge in [0.05, 0.1) is 15.7 Å². The third kappa shape index (κ3) is 3.96. The highest BCUT2D eigenvalue weighted by Crippen LogP contribution is 2.30. The van der Waals surface area contributed by atoms with Crippen molar-refractivity contribution in [3.63, 3.8) is 0 Å². The number of para-hydroxylation sites is 1. The Bertz CT molecular complexity index is 698. The van der Waals surface area contributed by atoms with E-state index in [0.717, 1.165) is 0 Å². The molecule has 5 nitrogen and oxygen atoms in total. The molecular formula is C15H14Cl2N4O. The van der Waals surface area contributed by atoms with Crippen molar-refractivity contribution in [3.8, 4) is 0 Å². The molecule has 0 saturated heterocycles. The minimum atomic E-state index is -0.415. The van der Waals surface area contributed by atoms with Crippen LogP contribution in [-0.2, 0) is 0 Å². The van der Waals surface area contributed by atoms with Crippen molar-refractivity contribution >= 4 is 40.6 Å². The summed E-state index contributed by atoms with van der Waals surface area (Å²) in [4.78, 5) is 20.6. The van der Waals surface area contributed by atoms with Crippen LogP contribution in [0.3, 0.4) is 0 Å². The third-order valence-corrected chi connectivity index (χ3v) is 3.33. The molecule has 0 fully saturated rings. The summed E-state index contributed by atoms with van der Waals surface area (Å²) < 4.78 is 0. The van der Waals surface area contributed by atoms with Crippen LogP contribution in [0.2, 0.25) is 10.0 Å². The van der Waals surface area contributed by atoms with E-state index in [0.29, 0.717) is 33.9 Å². The second-order valence-corrected chi connectivity index (χ2v) is 5.22. The first-order valence-corrected chi connectivity index (χ1v) is 7.22. The Kier molecular flexibility index (Phi) is 5.35. The van der Waals surface area contributed by atoms with Gasteiger partial charge in [0.15, 0.2) is 0 Å². The Labute approximate surface area is 138 Å². The average Bonchev–Trinajstić information content (AvgIpc) is 2.48. The molecule has 0 spiro atoms. The molecule has 0 bridgehead atoms. The van der Waals surface area contributed by atoms with Gasteiger partial charge in [-0.15, -0.1) is 6.58 Å². The lowest BCUT2D eigenvalue weighted by molar-refractivity contribution is 0.102. The number of nitrogens with zero attached hydrogens (tertiary/aromatic N) is 2. The van der Waals surface area contributed by atoms with Crippen LogP contribution in [0.5, 0.6) is 0 Å². The van der Waals surface area contributed by atoms with Gasteiger partial charge in [-0.3, -0.25) is 4.79 Å². The van der Waals surface area contributed by atoms with Crippen molar-refractivity contribution in [2.45, 2.75) is 6.92 Å². The normalized spacial score (nSPS) is 10.1. The van der Waals surface area contributed by atoms with Crippen LogP contribution in [0.4, 0.5) is 11.5 Å². The zero-order chi connectivity index (χ0) is 16.1. The van der Waals surface area contributed by atoms with Gasteiger partial charge in [0.1, 0.15) is 17.3 Å². The monoisotopic (exact) mass is 336 g/mol. The lowest BCUT2D eigenvalue weighted by Crippen LogP contribution is -2.16. The van der Waals surface area contributed by atoms with Crippen molar-refractivity contribution in [1.82, 2.24) is 9.97 Å². The van der Waals surface area contributed by atoms with Gasteiger partial charge in [0.25, 0.3) is 5.91 Å². The van der Waals surface area contributed by atoms with E-state index in [4.69, 9.17) is 23.2 Å². The summed E-state index contributed by atoms with van der Waals surface area (Å²) >= 11 is 12.1. The van der Waals surface area contributed by atoms with E-state index >= 15 is 0 Å². The Balaban J connectivity index is 2.26. The Morgan fingerprint density at radius 2 is 2.00 bits per heavy atom. The Morgan fingerprint density at radius 1 is 1.32 bits per heavy atom. The van der Waals surface area contributed by atoms with E-state index in [1.165, 1.54) is 0 Å². The largest absolute Gasteiger partial charge is 0.366 e. The van der Waals surface area contributed by atoms with E-state index in [2.05, 4.69) is 27.2 Å². The summed E-state index contributed by atoms with van der Waals surface area (Å²) in [7, 11) is 0. The molecule has 1 aromatic carbocycles. The van der Waals surface area contributed by atoms with Crippen LogP contribution in [0.25, 0.3) is 0 Å². The van der Waals surface area contributed by atoms with E-state index in [1.807, 2.05) is 0 Å². The molecule has 2 rings (SSSR count). The summed E-state index contributed by atoms with van der Waals surface area (Å²) in [6.45, 7) is 5.86. The molecule has 0 atom stereocenters. The number of carbonyl (C=O) groups excluding carboxylic acids is 1. The number of halogens is 2. The van der Waals surface area contributed by atoms with E-state index in [1.54, 1.807) is 37.3 Å². The van der Waals surface area contributed by atoms with Crippen LogP contribution in [0.15, 0.2) is 36.9 Å². The summed E-state index contributed by atoms with van der Waals surface area (Å²) in [5, 5.41) is 6.40. The number of benzene rings is 1. The molecule has 0 aliphatic rings. The van der Waals surface area contributed by atoms with Gasteiger partial charge in [-0.25, -0.2) is 9.97 Å². The van der Waals surface area contributed by atoms with Crippen molar-refractivity contribution in [2.75, 3.05) is 17.2 Å². The highest BCUT2D eigenvalue weighted by atomic mass is 35.5. The number of aromatic nitrogens is 2. The smallest absolute Gasteiger partial charge is 0.274 e. The van der Waals surface area contributed by atoms with Crippen LogP contribution in [-0.4, -0.2) is 22.4 Å². The van der Waals surface area contributed by atoms with Gasteiger partial charge in [0.2, 0.25) is 0 Å². The molecule has 1 heterocycles. The van der Waals surface area contributed by atoms with Gasteiger partial charge < -0.3 is 10.6 Å². The minimum absolute atomic E-state index is 0.218. The lowest BCUT2D eigenvalue weighted by Gasteiger charge is -2.10. The number of anilines is 2. The highest BCUT2D eigenvalue weighted by Gasteiger charge is 2.14. The van der Waals surface area contributed by atoms with Crippen LogP contribution in [0.1, 0.15) is 16.3 Å². The van der Waals surface area contributed by atoms with Crippen molar-refractivity contribution in [1.29, 1.82) is 0 Å². The first kappa shape index (κ1) is 16.3. The van der Waals surface area contributed by atoms with Crippen LogP contribution < -0.4 is 10.6 Å². The summed E-state index contributed by atoms with van der Waals surface area (Å²) in [6, 6.07) is 6.54. The number of hydrogen-bond acceptors (Lipinski definition) is 4. The molecule has 0 aliphatic carbocycles. The van der Waals surface area contributed by atoms with Crippen LogP contribution in [0, 0.1) is 6.92 Å². The maximum absolute atomic E-state index is 12.3. The van der Waals surface area contributed by atoms with E-state index < -0.39 is 5.91 Å². The molecule has 0 unspecified atom stereocenters. The topological polar surface area (TPSA) is 66.9 Å². The Morgan fingerprint density at radius 3 is 2.64 bits per heavy atom. The van der Waals surface area contributed by atoms with Crippen molar-refractivity contribution in [3.05, 3.63) is 58.5 Å². The zero-order valence-corrected chi connectivity index (χ0v) is 13.4. The molecule has 2 aromatic rings. The second kappa shape index (κ2) is 7.24. The van der Waals surface area contributed by atoms with E-state index in [9.17, 15) is 4.79 Å². The van der Waals surface area contributed by atoms with Gasteiger partial charge in [0, 0.05) is 12.6 Å². The first-order chi connectivity index (χ1) is 10.5. The first-order valence-electron chi connectivity index (χ1n) is 6.47. The van der Waals surface area contributed by atoms with Gasteiger partial charge in [-0.1, -0.05) is 35.3 Å². The highest BCUT2D eigenvalue weighted by molar-refractivity contribution is 6.40. The molecule has 114 valence electrons. The summed E-state index contributed by atoms with van der Waals surface area (Å²) in [5.74, 6) is 0.606. The quantitative estimate of drug-likeness (QED) is 0.811. The maximum atomic E-state index is 12.3. The molecule has 1 amide bonds. The molecule has 0 saturated carbocycles. The predicted molar refractivity (Wildman–Crippen MR) is 89.9 cm³/mol. The molecule has 2 N–H and O–H groups in total. The maximum Gasteiger partial charge on any atom is 0.274 e. The number of carbonyl (C=O) groups is 1. The SMILES string of the molecule is C=CCNc1cc(C(=O)Nc2c(Cl)cccc2Cl)nc(C)n1. The molecular weight excluding hydrogens is 323 g/mol. The van der Waals surface area contributed by atoms with Crippen molar-refractivity contribution in [2.24, 2.45) is 0 Å². The molecule has 0 radical (unpaired) electrons. The lowest BCUT2D eigenvalue weighted by atomic mass is 10.3. The summed E-state index contributed by atoms with van der Waals surface area (Å²) in [5.41, 5.74) is 0.572. The molecule has 7 heteroatoms. The molecule has 1 aromatic heterocycles. The minimum Gasteiger partial charge on any atom is -0.366 e. The van der Waals surface area contributed by atoms with Crippen molar-refractivity contribution < 1.29 is 4.79 Å². The zero-order valence-electron chi connectivity index (χ0n) is 11.9. The Hall–Kier alpha value is -2.11. The van der Waals surface area contributed by atoms with E-state index in [-0.39, 0.29) is 5.69 Å². The third-order valence-electron chi connectivity index (χ3n) is 2.70. The number of nitrogens with one attached hydrogen (secondary N) is 2. The number of amides is 1. The van der Waals surface area contributed by atoms with Crippen LogP contribution >= 0.6 is 23.2 Å². The fourth-order valence-corrected chi connectivity index (χ4v) is 2.24. The number of hydrogen-bond donors (Lipinski definition) is 2. The second-order valence-electron chi connectivity index (χ2n) is 4.41. The fourth-order valence-electron chi connectivity index (χ4n) is 1.75.